The zero-order valence-corrected chi connectivity index (χ0v) is 11.8. The van der Waals surface area contributed by atoms with E-state index in [4.69, 9.17) is 0 Å². The molecule has 0 aliphatic rings. The summed E-state index contributed by atoms with van der Waals surface area (Å²) in [5.41, 5.74) is 3.07. The van der Waals surface area contributed by atoms with Gasteiger partial charge in [-0.15, -0.1) is 0 Å². The lowest BCUT2D eigenvalue weighted by Gasteiger charge is -2.09. The number of carbonyl (C=O) groups excluding carboxylic acids is 1. The second-order valence-corrected chi connectivity index (χ2v) is 5.17. The summed E-state index contributed by atoms with van der Waals surface area (Å²) in [7, 11) is 0. The molecule has 2 N–H and O–H groups in total. The summed E-state index contributed by atoms with van der Waals surface area (Å²) in [5.74, 6) is 0. The summed E-state index contributed by atoms with van der Waals surface area (Å²) in [5, 5.41) is 2.82. The van der Waals surface area contributed by atoms with Crippen LogP contribution in [0, 0.1) is 13.8 Å². The molecule has 0 unspecified atom stereocenters. The van der Waals surface area contributed by atoms with E-state index < -0.39 is 0 Å². The molecule has 0 atom stereocenters. The first-order valence-electron chi connectivity index (χ1n) is 6.01. The Bertz CT molecular complexity index is 567. The Kier molecular flexibility index (Phi) is 4.47. The highest BCUT2D eigenvalue weighted by Crippen LogP contribution is 2.16. The van der Waals surface area contributed by atoms with E-state index in [1.807, 2.05) is 62.4 Å². The first-order chi connectivity index (χ1) is 9.15. The Hall–Kier alpha value is -1.94. The molecule has 0 saturated carbocycles. The number of carbonyl (C=O) groups is 1. The molecule has 0 aliphatic heterocycles. The second-order valence-electron chi connectivity index (χ2n) is 4.29. The average molecular weight is 272 g/mol. The molecule has 0 fully saturated rings. The van der Waals surface area contributed by atoms with E-state index in [1.165, 1.54) is 17.5 Å². The van der Waals surface area contributed by atoms with Gasteiger partial charge in [0.25, 0.3) is 0 Å². The predicted octanol–water partition coefficient (Wildman–Crippen LogP) is 4.13. The number of anilines is 1. The van der Waals surface area contributed by atoms with E-state index in [2.05, 4.69) is 10.0 Å². The Labute approximate surface area is 117 Å². The van der Waals surface area contributed by atoms with Crippen LogP contribution in [0.3, 0.4) is 0 Å². The molecule has 2 rings (SSSR count). The summed E-state index contributed by atoms with van der Waals surface area (Å²) < 4.78 is 2.76. The number of aryl methyl sites for hydroxylation is 2. The van der Waals surface area contributed by atoms with Gasteiger partial charge < -0.3 is 5.32 Å². The van der Waals surface area contributed by atoms with Crippen molar-refractivity contribution in [3.63, 3.8) is 0 Å². The van der Waals surface area contributed by atoms with Gasteiger partial charge in [-0.3, -0.25) is 4.72 Å². The summed E-state index contributed by atoms with van der Waals surface area (Å²) in [6.07, 6.45) is 0. The third-order valence-corrected chi connectivity index (χ3v) is 3.47. The van der Waals surface area contributed by atoms with Crippen LogP contribution in [0.15, 0.2) is 53.4 Å². The molecule has 98 valence electrons. The van der Waals surface area contributed by atoms with Crippen molar-refractivity contribution in [2.45, 2.75) is 18.7 Å². The maximum Gasteiger partial charge on any atom is 0.329 e. The van der Waals surface area contributed by atoms with Crippen molar-refractivity contribution in [3.05, 3.63) is 59.7 Å². The van der Waals surface area contributed by atoms with Gasteiger partial charge in [-0.1, -0.05) is 35.9 Å². The Morgan fingerprint density at radius 3 is 2.37 bits per heavy atom. The van der Waals surface area contributed by atoms with Gasteiger partial charge in [0, 0.05) is 10.6 Å². The SMILES string of the molecule is Cc1ccc(SNC(=O)Nc2ccccc2C)cc1. The van der Waals surface area contributed by atoms with Crippen molar-refractivity contribution in [1.82, 2.24) is 4.72 Å². The van der Waals surface area contributed by atoms with Gasteiger partial charge in [0.05, 0.1) is 0 Å². The highest BCUT2D eigenvalue weighted by atomic mass is 32.2. The fourth-order valence-corrected chi connectivity index (χ4v) is 2.11. The van der Waals surface area contributed by atoms with E-state index in [1.54, 1.807) is 0 Å². The molecular weight excluding hydrogens is 256 g/mol. The lowest BCUT2D eigenvalue weighted by molar-refractivity contribution is 0.257. The molecule has 0 radical (unpaired) electrons. The summed E-state index contributed by atoms with van der Waals surface area (Å²) in [6, 6.07) is 15.5. The van der Waals surface area contributed by atoms with E-state index in [9.17, 15) is 4.79 Å². The largest absolute Gasteiger partial charge is 0.329 e. The van der Waals surface area contributed by atoms with Crippen molar-refractivity contribution in [2.24, 2.45) is 0 Å². The summed E-state index contributed by atoms with van der Waals surface area (Å²) in [6.45, 7) is 4.00. The zero-order valence-electron chi connectivity index (χ0n) is 10.9. The molecule has 2 aromatic rings. The van der Waals surface area contributed by atoms with Crippen molar-refractivity contribution in [2.75, 3.05) is 5.32 Å². The van der Waals surface area contributed by atoms with Crippen LogP contribution >= 0.6 is 11.9 Å². The number of amides is 2. The monoisotopic (exact) mass is 272 g/mol. The third-order valence-electron chi connectivity index (χ3n) is 2.68. The fourth-order valence-electron chi connectivity index (χ4n) is 1.57. The Morgan fingerprint density at radius 1 is 1.00 bits per heavy atom. The van der Waals surface area contributed by atoms with Crippen LogP contribution in [-0.2, 0) is 0 Å². The molecule has 0 aromatic heterocycles. The number of para-hydroxylation sites is 1. The van der Waals surface area contributed by atoms with E-state index in [-0.39, 0.29) is 6.03 Å². The maximum atomic E-state index is 11.8. The standard InChI is InChI=1S/C15H16N2OS/c1-11-7-9-13(10-8-11)19-17-15(18)16-14-6-4-3-5-12(14)2/h3-10H,1-2H3,(H2,16,17,18). The van der Waals surface area contributed by atoms with Gasteiger partial charge in [-0.05, 0) is 49.6 Å². The van der Waals surface area contributed by atoms with E-state index in [0.717, 1.165) is 16.1 Å². The molecular formula is C15H16N2OS. The zero-order chi connectivity index (χ0) is 13.7. The minimum absolute atomic E-state index is 0.222. The number of urea groups is 1. The van der Waals surface area contributed by atoms with Crippen molar-refractivity contribution < 1.29 is 4.79 Å². The van der Waals surface area contributed by atoms with Crippen LogP contribution in [0.5, 0.6) is 0 Å². The molecule has 4 heteroatoms. The number of hydrogen-bond donors (Lipinski definition) is 2. The lowest BCUT2D eigenvalue weighted by atomic mass is 10.2. The van der Waals surface area contributed by atoms with Crippen molar-refractivity contribution in [3.8, 4) is 0 Å². The number of hydrogen-bond acceptors (Lipinski definition) is 2. The number of benzene rings is 2. The minimum atomic E-state index is -0.222. The molecule has 2 amide bonds. The van der Waals surface area contributed by atoms with Crippen LogP contribution in [0.4, 0.5) is 10.5 Å². The van der Waals surface area contributed by atoms with Crippen LogP contribution in [-0.4, -0.2) is 6.03 Å². The smallest absolute Gasteiger partial charge is 0.307 e. The van der Waals surface area contributed by atoms with Gasteiger partial charge in [0.2, 0.25) is 0 Å². The molecule has 0 aliphatic carbocycles. The quantitative estimate of drug-likeness (QED) is 0.825. The topological polar surface area (TPSA) is 41.1 Å². The second kappa shape index (κ2) is 6.29. The normalized spacial score (nSPS) is 10.0. The molecule has 2 aromatic carbocycles. The van der Waals surface area contributed by atoms with Crippen molar-refractivity contribution >= 4 is 23.7 Å². The highest BCUT2D eigenvalue weighted by Gasteiger charge is 2.03. The minimum Gasteiger partial charge on any atom is -0.307 e. The summed E-state index contributed by atoms with van der Waals surface area (Å²) in [4.78, 5) is 12.8. The third kappa shape index (κ3) is 4.03. The molecule has 3 nitrogen and oxygen atoms in total. The van der Waals surface area contributed by atoms with Gasteiger partial charge in [0.15, 0.2) is 0 Å². The first kappa shape index (κ1) is 13.5. The van der Waals surface area contributed by atoms with E-state index in [0.29, 0.717) is 0 Å². The van der Waals surface area contributed by atoms with Crippen molar-refractivity contribution in [1.29, 1.82) is 0 Å². The maximum absolute atomic E-state index is 11.8. The van der Waals surface area contributed by atoms with Crippen LogP contribution in [0.25, 0.3) is 0 Å². The summed E-state index contributed by atoms with van der Waals surface area (Å²) >= 11 is 1.30. The lowest BCUT2D eigenvalue weighted by Crippen LogP contribution is -2.23. The van der Waals surface area contributed by atoms with Gasteiger partial charge in [-0.25, -0.2) is 4.79 Å². The highest BCUT2D eigenvalue weighted by molar-refractivity contribution is 7.98. The number of rotatable bonds is 3. The van der Waals surface area contributed by atoms with Gasteiger partial charge in [-0.2, -0.15) is 0 Å². The predicted molar refractivity (Wildman–Crippen MR) is 80.4 cm³/mol. The average Bonchev–Trinajstić information content (AvgIpc) is 2.41. The van der Waals surface area contributed by atoms with Crippen LogP contribution < -0.4 is 10.0 Å². The van der Waals surface area contributed by atoms with E-state index >= 15 is 0 Å². The van der Waals surface area contributed by atoms with Gasteiger partial charge in [0.1, 0.15) is 0 Å². The van der Waals surface area contributed by atoms with Gasteiger partial charge >= 0.3 is 6.03 Å². The van der Waals surface area contributed by atoms with Crippen LogP contribution in [0.2, 0.25) is 0 Å². The fraction of sp³-hybridized carbons (Fsp3) is 0.133. The number of nitrogens with one attached hydrogen (secondary N) is 2. The Balaban J connectivity index is 1.88. The molecule has 0 bridgehead atoms. The first-order valence-corrected chi connectivity index (χ1v) is 6.83. The molecule has 19 heavy (non-hydrogen) atoms. The molecule has 0 saturated heterocycles. The molecule has 0 spiro atoms. The molecule has 0 heterocycles. The van der Waals surface area contributed by atoms with Crippen LogP contribution in [0.1, 0.15) is 11.1 Å². The Morgan fingerprint density at radius 2 is 1.68 bits per heavy atom.